The molecular formula is C18H20O3. The Morgan fingerprint density at radius 1 is 0.952 bits per heavy atom. The Bertz CT molecular complexity index is 570. The molecule has 0 aliphatic carbocycles. The van der Waals surface area contributed by atoms with Crippen molar-refractivity contribution >= 4 is 5.78 Å². The van der Waals surface area contributed by atoms with Gasteiger partial charge in [0.15, 0.2) is 5.78 Å². The van der Waals surface area contributed by atoms with Crippen molar-refractivity contribution in [1.29, 1.82) is 0 Å². The molecule has 3 nitrogen and oxygen atoms in total. The summed E-state index contributed by atoms with van der Waals surface area (Å²) in [6.07, 6.45) is 1.36. The van der Waals surface area contributed by atoms with Crippen LogP contribution in [0.15, 0.2) is 48.5 Å². The summed E-state index contributed by atoms with van der Waals surface area (Å²) in [5, 5.41) is 0. The first-order valence-electron chi connectivity index (χ1n) is 7.12. The molecule has 0 bridgehead atoms. The third-order valence-corrected chi connectivity index (χ3v) is 3.17. The van der Waals surface area contributed by atoms with Gasteiger partial charge >= 0.3 is 0 Å². The van der Waals surface area contributed by atoms with Gasteiger partial charge in [0.2, 0.25) is 0 Å². The highest BCUT2D eigenvalue weighted by Crippen LogP contribution is 2.16. The summed E-state index contributed by atoms with van der Waals surface area (Å²) in [7, 11) is 1.63. The van der Waals surface area contributed by atoms with E-state index in [1.165, 1.54) is 0 Å². The van der Waals surface area contributed by atoms with E-state index in [0.29, 0.717) is 18.6 Å². The molecule has 2 aromatic rings. The first-order valence-corrected chi connectivity index (χ1v) is 7.12. The zero-order valence-electron chi connectivity index (χ0n) is 12.5. The van der Waals surface area contributed by atoms with Crippen LogP contribution in [-0.4, -0.2) is 19.5 Å². The molecule has 0 saturated carbocycles. The highest BCUT2D eigenvalue weighted by Gasteiger charge is 2.07. The lowest BCUT2D eigenvalue weighted by Crippen LogP contribution is -2.03. The third-order valence-electron chi connectivity index (χ3n) is 3.17. The van der Waals surface area contributed by atoms with E-state index in [1.807, 2.05) is 48.5 Å². The molecule has 0 N–H and O–H groups in total. The van der Waals surface area contributed by atoms with Crippen LogP contribution in [0, 0.1) is 0 Å². The fraction of sp³-hybridized carbons (Fsp3) is 0.278. The molecule has 0 aliphatic rings. The second kappa shape index (κ2) is 7.48. The lowest BCUT2D eigenvalue weighted by Gasteiger charge is -2.06. The number of hydrogen-bond donors (Lipinski definition) is 0. The predicted octanol–water partition coefficient (Wildman–Crippen LogP) is 3.91. The minimum atomic E-state index is 0.0993. The summed E-state index contributed by atoms with van der Waals surface area (Å²) in [4.78, 5) is 12.2. The maximum Gasteiger partial charge on any atom is 0.167 e. The van der Waals surface area contributed by atoms with Crippen molar-refractivity contribution in [2.75, 3.05) is 13.7 Å². The maximum absolute atomic E-state index is 12.2. The van der Waals surface area contributed by atoms with Gasteiger partial charge in [0.25, 0.3) is 0 Å². The maximum atomic E-state index is 12.2. The fourth-order valence-corrected chi connectivity index (χ4v) is 1.99. The monoisotopic (exact) mass is 284 g/mol. The van der Waals surface area contributed by atoms with Crippen LogP contribution in [-0.2, 0) is 6.42 Å². The molecule has 0 aliphatic heterocycles. The number of methoxy groups -OCH3 is 1. The molecule has 3 heteroatoms. The van der Waals surface area contributed by atoms with Gasteiger partial charge in [-0.25, -0.2) is 0 Å². The van der Waals surface area contributed by atoms with Crippen molar-refractivity contribution in [3.8, 4) is 11.5 Å². The molecule has 2 rings (SSSR count). The molecule has 0 saturated heterocycles. The highest BCUT2D eigenvalue weighted by atomic mass is 16.5. The van der Waals surface area contributed by atoms with Crippen molar-refractivity contribution in [2.24, 2.45) is 0 Å². The average molecular weight is 284 g/mol. The van der Waals surface area contributed by atoms with Gasteiger partial charge in [-0.15, -0.1) is 0 Å². The molecule has 0 atom stereocenters. The second-order valence-corrected chi connectivity index (χ2v) is 4.82. The molecule has 0 fully saturated rings. The quantitative estimate of drug-likeness (QED) is 0.723. The number of rotatable bonds is 7. The predicted molar refractivity (Wildman–Crippen MR) is 83.3 cm³/mol. The third kappa shape index (κ3) is 4.35. The van der Waals surface area contributed by atoms with E-state index in [2.05, 4.69) is 6.92 Å². The van der Waals surface area contributed by atoms with Crippen LogP contribution >= 0.6 is 0 Å². The van der Waals surface area contributed by atoms with Gasteiger partial charge in [-0.05, 0) is 48.4 Å². The van der Waals surface area contributed by atoms with Gasteiger partial charge in [0.1, 0.15) is 11.5 Å². The van der Waals surface area contributed by atoms with Crippen LogP contribution in [0.3, 0.4) is 0 Å². The first kappa shape index (κ1) is 15.1. The van der Waals surface area contributed by atoms with Crippen LogP contribution in [0.2, 0.25) is 0 Å². The standard InChI is InChI=1S/C18H20O3/c1-3-12-21-17-10-6-15(7-11-17)18(19)13-14-4-8-16(20-2)9-5-14/h4-11H,3,12-13H2,1-2H3. The molecule has 0 radical (unpaired) electrons. The van der Waals surface area contributed by atoms with Gasteiger partial charge < -0.3 is 9.47 Å². The largest absolute Gasteiger partial charge is 0.497 e. The molecule has 0 spiro atoms. The van der Waals surface area contributed by atoms with Crippen molar-refractivity contribution < 1.29 is 14.3 Å². The van der Waals surface area contributed by atoms with Gasteiger partial charge in [-0.2, -0.15) is 0 Å². The second-order valence-electron chi connectivity index (χ2n) is 4.82. The number of benzene rings is 2. The Morgan fingerprint density at radius 2 is 1.57 bits per heavy atom. The summed E-state index contributed by atoms with van der Waals surface area (Å²) >= 11 is 0. The molecule has 0 heterocycles. The molecule has 21 heavy (non-hydrogen) atoms. The number of ketones is 1. The number of Topliss-reactive ketones (excluding diaryl/α,β-unsaturated/α-hetero) is 1. The van der Waals surface area contributed by atoms with Crippen molar-refractivity contribution in [1.82, 2.24) is 0 Å². The van der Waals surface area contributed by atoms with Crippen LogP contribution in [0.1, 0.15) is 29.3 Å². The Morgan fingerprint density at radius 3 is 2.14 bits per heavy atom. The normalized spacial score (nSPS) is 10.2. The average Bonchev–Trinajstić information content (AvgIpc) is 2.54. The summed E-state index contributed by atoms with van der Waals surface area (Å²) < 4.78 is 10.6. The van der Waals surface area contributed by atoms with Crippen LogP contribution < -0.4 is 9.47 Å². The number of hydrogen-bond acceptors (Lipinski definition) is 3. The van der Waals surface area contributed by atoms with Crippen molar-refractivity contribution in [3.63, 3.8) is 0 Å². The van der Waals surface area contributed by atoms with Crippen LogP contribution in [0.5, 0.6) is 11.5 Å². The Labute approximate surface area is 125 Å². The Kier molecular flexibility index (Phi) is 5.38. The van der Waals surface area contributed by atoms with Gasteiger partial charge in [-0.1, -0.05) is 19.1 Å². The highest BCUT2D eigenvalue weighted by molar-refractivity contribution is 5.97. The smallest absolute Gasteiger partial charge is 0.167 e. The SMILES string of the molecule is CCCOc1ccc(C(=O)Cc2ccc(OC)cc2)cc1. The lowest BCUT2D eigenvalue weighted by molar-refractivity contribution is 0.0993. The summed E-state index contributed by atoms with van der Waals surface area (Å²) in [6.45, 7) is 2.76. The zero-order valence-corrected chi connectivity index (χ0v) is 12.5. The van der Waals surface area contributed by atoms with E-state index in [0.717, 1.165) is 23.5 Å². The number of carbonyl (C=O) groups excluding carboxylic acids is 1. The van der Waals surface area contributed by atoms with Crippen LogP contribution in [0.4, 0.5) is 0 Å². The topological polar surface area (TPSA) is 35.5 Å². The van der Waals surface area contributed by atoms with Crippen molar-refractivity contribution in [2.45, 2.75) is 19.8 Å². The van der Waals surface area contributed by atoms with E-state index >= 15 is 0 Å². The molecule has 0 aromatic heterocycles. The number of ether oxygens (including phenoxy) is 2. The van der Waals surface area contributed by atoms with E-state index in [1.54, 1.807) is 7.11 Å². The number of carbonyl (C=O) groups is 1. The molecule has 110 valence electrons. The van der Waals surface area contributed by atoms with E-state index < -0.39 is 0 Å². The van der Waals surface area contributed by atoms with Gasteiger partial charge in [0, 0.05) is 12.0 Å². The Hall–Kier alpha value is -2.29. The zero-order chi connectivity index (χ0) is 15.1. The van der Waals surface area contributed by atoms with Crippen LogP contribution in [0.25, 0.3) is 0 Å². The van der Waals surface area contributed by atoms with E-state index in [-0.39, 0.29) is 5.78 Å². The summed E-state index contributed by atoms with van der Waals surface area (Å²) in [5.41, 5.74) is 1.68. The van der Waals surface area contributed by atoms with Gasteiger partial charge in [-0.3, -0.25) is 4.79 Å². The van der Waals surface area contributed by atoms with E-state index in [4.69, 9.17) is 9.47 Å². The van der Waals surface area contributed by atoms with E-state index in [9.17, 15) is 4.79 Å². The molecule has 2 aromatic carbocycles. The van der Waals surface area contributed by atoms with Gasteiger partial charge in [0.05, 0.1) is 13.7 Å². The minimum absolute atomic E-state index is 0.0993. The Balaban J connectivity index is 1.98. The summed E-state index contributed by atoms with van der Waals surface area (Å²) in [5.74, 6) is 1.70. The molecule has 0 unspecified atom stereocenters. The first-order chi connectivity index (χ1) is 10.2. The minimum Gasteiger partial charge on any atom is -0.497 e. The lowest BCUT2D eigenvalue weighted by atomic mass is 10.0. The fourth-order valence-electron chi connectivity index (χ4n) is 1.99. The molecule has 0 amide bonds. The molecular weight excluding hydrogens is 264 g/mol. The van der Waals surface area contributed by atoms with Crippen molar-refractivity contribution in [3.05, 3.63) is 59.7 Å². The summed E-state index contributed by atoms with van der Waals surface area (Å²) in [6, 6.07) is 14.9.